The van der Waals surface area contributed by atoms with E-state index in [4.69, 9.17) is 0 Å². The lowest BCUT2D eigenvalue weighted by Gasteiger charge is -2.28. The van der Waals surface area contributed by atoms with Gasteiger partial charge in [0, 0.05) is 18.1 Å². The fraction of sp³-hybridized carbons (Fsp3) is 0.217. The smallest absolute Gasteiger partial charge is 0.247 e. The van der Waals surface area contributed by atoms with Crippen LogP contribution in [0.15, 0.2) is 73.1 Å². The normalized spacial score (nSPS) is 12.2. The maximum Gasteiger partial charge on any atom is 0.247 e. The number of pyridine rings is 1. The van der Waals surface area contributed by atoms with Gasteiger partial charge in [0.15, 0.2) is 0 Å². The molecule has 1 aromatic heterocycles. The number of carbonyl (C=O) groups is 1. The zero-order valence-electron chi connectivity index (χ0n) is 17.2. The van der Waals surface area contributed by atoms with E-state index in [0.29, 0.717) is 11.4 Å². The van der Waals surface area contributed by atoms with Crippen LogP contribution in [0.5, 0.6) is 0 Å². The van der Waals surface area contributed by atoms with E-state index < -0.39 is 22.0 Å². The predicted molar refractivity (Wildman–Crippen MR) is 120 cm³/mol. The van der Waals surface area contributed by atoms with Crippen LogP contribution in [0.2, 0.25) is 0 Å². The van der Waals surface area contributed by atoms with Gasteiger partial charge in [0.05, 0.1) is 11.9 Å². The van der Waals surface area contributed by atoms with Gasteiger partial charge in [-0.05, 0) is 67.8 Å². The molecule has 3 aromatic rings. The summed E-state index contributed by atoms with van der Waals surface area (Å²) in [6, 6.07) is 17.6. The Hall–Kier alpha value is -3.19. The molecule has 1 N–H and O–H groups in total. The van der Waals surface area contributed by atoms with Crippen LogP contribution < -0.4 is 9.62 Å². The van der Waals surface area contributed by atoms with Crippen molar-refractivity contribution in [1.29, 1.82) is 0 Å². The number of nitrogens with zero attached hydrogens (tertiary/aromatic N) is 2. The first-order chi connectivity index (χ1) is 14.2. The van der Waals surface area contributed by atoms with Crippen molar-refractivity contribution in [3.05, 3.63) is 89.7 Å². The Labute approximate surface area is 177 Å². The highest BCUT2D eigenvalue weighted by Gasteiger charge is 2.29. The van der Waals surface area contributed by atoms with Crippen LogP contribution in [-0.2, 0) is 21.2 Å². The zero-order chi connectivity index (χ0) is 21.7. The average molecular weight is 424 g/mol. The van der Waals surface area contributed by atoms with Gasteiger partial charge in [0.2, 0.25) is 15.9 Å². The molecule has 1 heterocycles. The summed E-state index contributed by atoms with van der Waals surface area (Å²) in [5.74, 6) is -0.400. The number of hydrogen-bond acceptors (Lipinski definition) is 4. The lowest BCUT2D eigenvalue weighted by Crippen LogP contribution is -2.45. The number of rotatable bonds is 7. The van der Waals surface area contributed by atoms with Gasteiger partial charge in [0.1, 0.15) is 6.04 Å². The topological polar surface area (TPSA) is 79.4 Å². The Morgan fingerprint density at radius 2 is 1.53 bits per heavy atom. The van der Waals surface area contributed by atoms with E-state index >= 15 is 0 Å². The summed E-state index contributed by atoms with van der Waals surface area (Å²) in [4.78, 5) is 16.8. The van der Waals surface area contributed by atoms with Gasteiger partial charge in [-0.3, -0.25) is 14.1 Å². The second-order valence-electron chi connectivity index (χ2n) is 7.29. The minimum absolute atomic E-state index is 0.400. The lowest BCUT2D eigenvalue weighted by atomic mass is 10.1. The molecule has 0 aliphatic carbocycles. The molecule has 6 nitrogen and oxygen atoms in total. The molecule has 1 amide bonds. The maximum absolute atomic E-state index is 12.8. The van der Waals surface area contributed by atoms with E-state index in [9.17, 15) is 13.2 Å². The first-order valence-electron chi connectivity index (χ1n) is 9.59. The maximum atomic E-state index is 12.8. The van der Waals surface area contributed by atoms with Crippen LogP contribution in [-0.4, -0.2) is 31.6 Å². The van der Waals surface area contributed by atoms with Gasteiger partial charge >= 0.3 is 0 Å². The summed E-state index contributed by atoms with van der Waals surface area (Å²) >= 11 is 0. The molecule has 3 rings (SSSR count). The molecule has 0 saturated heterocycles. The molecule has 30 heavy (non-hydrogen) atoms. The van der Waals surface area contributed by atoms with Gasteiger partial charge in [0.25, 0.3) is 0 Å². The fourth-order valence-corrected chi connectivity index (χ4v) is 4.36. The van der Waals surface area contributed by atoms with Gasteiger partial charge < -0.3 is 5.32 Å². The Morgan fingerprint density at radius 3 is 2.10 bits per heavy atom. The standard InChI is InChI=1S/C23H25N3O3S/c1-17-4-10-22(11-5-17)26(30(3,28)29)18(2)23(27)25-21-8-6-19(7-9-21)16-20-12-14-24-15-13-20/h4-15,18H,16H2,1-3H3,(H,25,27)/t18-/m1/s1. The summed E-state index contributed by atoms with van der Waals surface area (Å²) in [5.41, 5.74) is 4.33. The third kappa shape index (κ3) is 5.45. The van der Waals surface area contributed by atoms with Gasteiger partial charge in [-0.2, -0.15) is 0 Å². The Kier molecular flexibility index (Phi) is 6.52. The number of sulfonamides is 1. The van der Waals surface area contributed by atoms with E-state index in [0.717, 1.165) is 33.7 Å². The van der Waals surface area contributed by atoms with Crippen LogP contribution in [0.1, 0.15) is 23.6 Å². The summed E-state index contributed by atoms with van der Waals surface area (Å²) in [6.07, 6.45) is 5.38. The Balaban J connectivity index is 1.72. The summed E-state index contributed by atoms with van der Waals surface area (Å²) in [5, 5.41) is 2.81. The second-order valence-corrected chi connectivity index (χ2v) is 9.15. The molecule has 0 bridgehead atoms. The van der Waals surface area contributed by atoms with Crippen molar-refractivity contribution in [3.8, 4) is 0 Å². The highest BCUT2D eigenvalue weighted by molar-refractivity contribution is 7.92. The quantitative estimate of drug-likeness (QED) is 0.627. The molecule has 0 radical (unpaired) electrons. The SMILES string of the molecule is Cc1ccc(N([C@H](C)C(=O)Nc2ccc(Cc3ccncc3)cc2)S(C)(=O)=O)cc1. The highest BCUT2D eigenvalue weighted by atomic mass is 32.2. The lowest BCUT2D eigenvalue weighted by molar-refractivity contribution is -0.116. The molecule has 0 spiro atoms. The first kappa shape index (κ1) is 21.5. The van der Waals surface area contributed by atoms with Crippen LogP contribution in [0.3, 0.4) is 0 Å². The van der Waals surface area contributed by atoms with Crippen molar-refractivity contribution in [2.45, 2.75) is 26.3 Å². The van der Waals surface area contributed by atoms with Crippen molar-refractivity contribution in [2.75, 3.05) is 15.9 Å². The van der Waals surface area contributed by atoms with E-state index in [1.807, 2.05) is 55.5 Å². The van der Waals surface area contributed by atoms with Crippen LogP contribution in [0.4, 0.5) is 11.4 Å². The highest BCUT2D eigenvalue weighted by Crippen LogP contribution is 2.22. The van der Waals surface area contributed by atoms with E-state index in [-0.39, 0.29) is 0 Å². The molecule has 1 atom stereocenters. The molecule has 0 unspecified atom stereocenters. The number of hydrogen-bond donors (Lipinski definition) is 1. The molecule has 2 aromatic carbocycles. The Morgan fingerprint density at radius 1 is 0.967 bits per heavy atom. The molecule has 0 aliphatic rings. The third-order valence-corrected chi connectivity index (χ3v) is 6.00. The number of anilines is 2. The van der Waals surface area contributed by atoms with E-state index in [1.54, 1.807) is 31.5 Å². The summed E-state index contributed by atoms with van der Waals surface area (Å²) < 4.78 is 25.9. The van der Waals surface area contributed by atoms with Gasteiger partial charge in [-0.1, -0.05) is 29.8 Å². The van der Waals surface area contributed by atoms with E-state index in [2.05, 4.69) is 10.3 Å². The summed E-state index contributed by atoms with van der Waals surface area (Å²) in [6.45, 7) is 3.50. The fourth-order valence-electron chi connectivity index (χ4n) is 3.19. The van der Waals surface area contributed by atoms with Gasteiger partial charge in [-0.15, -0.1) is 0 Å². The predicted octanol–water partition coefficient (Wildman–Crippen LogP) is 3.77. The largest absolute Gasteiger partial charge is 0.324 e. The molecular weight excluding hydrogens is 398 g/mol. The number of carbonyl (C=O) groups excluding carboxylic acids is 1. The molecule has 0 aliphatic heterocycles. The van der Waals surface area contributed by atoms with Crippen molar-refractivity contribution in [3.63, 3.8) is 0 Å². The number of aromatic nitrogens is 1. The molecular formula is C23H25N3O3S. The van der Waals surface area contributed by atoms with Crippen molar-refractivity contribution in [1.82, 2.24) is 4.98 Å². The first-order valence-corrected chi connectivity index (χ1v) is 11.4. The van der Waals surface area contributed by atoms with Crippen molar-refractivity contribution >= 4 is 27.3 Å². The van der Waals surface area contributed by atoms with Crippen molar-refractivity contribution < 1.29 is 13.2 Å². The molecule has 0 saturated carbocycles. The zero-order valence-corrected chi connectivity index (χ0v) is 18.1. The van der Waals surface area contributed by atoms with Crippen LogP contribution in [0.25, 0.3) is 0 Å². The van der Waals surface area contributed by atoms with Crippen molar-refractivity contribution in [2.24, 2.45) is 0 Å². The number of aryl methyl sites for hydroxylation is 1. The minimum atomic E-state index is -3.64. The number of benzene rings is 2. The van der Waals surface area contributed by atoms with E-state index in [1.165, 1.54) is 0 Å². The Bertz CT molecular complexity index is 1100. The minimum Gasteiger partial charge on any atom is -0.324 e. The van der Waals surface area contributed by atoms with Crippen LogP contribution >= 0.6 is 0 Å². The molecule has 156 valence electrons. The number of nitrogens with one attached hydrogen (secondary N) is 1. The molecule has 7 heteroatoms. The number of amides is 1. The average Bonchev–Trinajstić information content (AvgIpc) is 2.71. The van der Waals surface area contributed by atoms with Gasteiger partial charge in [-0.25, -0.2) is 8.42 Å². The second kappa shape index (κ2) is 9.09. The third-order valence-electron chi connectivity index (χ3n) is 4.76. The summed E-state index contributed by atoms with van der Waals surface area (Å²) in [7, 11) is -3.64. The van der Waals surface area contributed by atoms with Crippen LogP contribution in [0, 0.1) is 6.92 Å². The molecule has 0 fully saturated rings. The monoisotopic (exact) mass is 423 g/mol.